The van der Waals surface area contributed by atoms with E-state index < -0.39 is 5.82 Å². The van der Waals surface area contributed by atoms with E-state index in [-0.39, 0.29) is 23.5 Å². The van der Waals surface area contributed by atoms with E-state index in [1.54, 1.807) is 0 Å². The molecule has 0 unspecified atom stereocenters. The predicted molar refractivity (Wildman–Crippen MR) is 74.7 cm³/mol. The maximum Gasteiger partial charge on any atom is 0.252 e. The number of hydrogen-bond acceptors (Lipinski definition) is 2. The molecule has 0 saturated heterocycles. The van der Waals surface area contributed by atoms with Crippen molar-refractivity contribution < 1.29 is 14.3 Å². The van der Waals surface area contributed by atoms with Crippen LogP contribution in [-0.4, -0.2) is 24.2 Å². The zero-order valence-electron chi connectivity index (χ0n) is 11.5. The highest BCUT2D eigenvalue weighted by Crippen LogP contribution is 2.39. The molecule has 2 rings (SSSR count). The molecule has 1 saturated carbocycles. The molecule has 106 valence electrons. The summed E-state index contributed by atoms with van der Waals surface area (Å²) in [4.78, 5) is 12.2. The summed E-state index contributed by atoms with van der Waals surface area (Å²) >= 11 is 0. The van der Waals surface area contributed by atoms with Crippen molar-refractivity contribution in [2.75, 3.05) is 13.2 Å². The van der Waals surface area contributed by atoms with Crippen LogP contribution in [0.5, 0.6) is 0 Å². The number of aliphatic hydroxyl groups is 1. The van der Waals surface area contributed by atoms with Gasteiger partial charge >= 0.3 is 0 Å². The molecule has 0 atom stereocenters. The van der Waals surface area contributed by atoms with Gasteiger partial charge in [0.25, 0.3) is 5.91 Å². The van der Waals surface area contributed by atoms with Crippen LogP contribution in [0.4, 0.5) is 4.39 Å². The molecule has 1 aromatic rings. The van der Waals surface area contributed by atoms with Gasteiger partial charge in [-0.15, -0.1) is 0 Å². The van der Waals surface area contributed by atoms with Gasteiger partial charge in [-0.2, -0.15) is 0 Å². The van der Waals surface area contributed by atoms with Crippen LogP contribution in [0.2, 0.25) is 0 Å². The van der Waals surface area contributed by atoms with Gasteiger partial charge in [0, 0.05) is 12.1 Å². The lowest BCUT2D eigenvalue weighted by molar-refractivity contribution is 0.0890. The van der Waals surface area contributed by atoms with Crippen molar-refractivity contribution in [3.05, 3.63) is 35.1 Å². The van der Waals surface area contributed by atoms with E-state index in [2.05, 4.69) is 24.1 Å². The van der Waals surface area contributed by atoms with Crippen LogP contribution in [0, 0.1) is 23.1 Å². The Kier molecular flexibility index (Phi) is 4.41. The van der Waals surface area contributed by atoms with E-state index >= 15 is 0 Å². The molecular weight excluding hydrogens is 257 g/mol. The van der Waals surface area contributed by atoms with Gasteiger partial charge in [0.1, 0.15) is 12.4 Å². The van der Waals surface area contributed by atoms with Crippen molar-refractivity contribution in [3.8, 4) is 11.8 Å². The number of halogens is 1. The van der Waals surface area contributed by atoms with Crippen molar-refractivity contribution in [3.63, 3.8) is 0 Å². The first-order chi connectivity index (χ1) is 9.54. The molecule has 4 heteroatoms. The second kappa shape index (κ2) is 6.06. The molecule has 0 bridgehead atoms. The van der Waals surface area contributed by atoms with Gasteiger partial charge in [0.15, 0.2) is 0 Å². The Labute approximate surface area is 118 Å². The lowest BCUT2D eigenvalue weighted by Crippen LogP contribution is -2.40. The average Bonchev–Trinajstić information content (AvgIpc) is 2.41. The minimum Gasteiger partial charge on any atom is -0.384 e. The number of aliphatic hydroxyl groups excluding tert-OH is 1. The Bertz CT molecular complexity index is 568. The Morgan fingerprint density at radius 3 is 2.85 bits per heavy atom. The van der Waals surface area contributed by atoms with E-state index in [4.69, 9.17) is 5.11 Å². The second-order valence-corrected chi connectivity index (χ2v) is 5.50. The third kappa shape index (κ3) is 3.37. The molecular formula is C16H18FNO2. The molecule has 2 N–H and O–H groups in total. The fourth-order valence-electron chi connectivity index (χ4n) is 2.29. The van der Waals surface area contributed by atoms with E-state index in [9.17, 15) is 9.18 Å². The number of amides is 1. The van der Waals surface area contributed by atoms with E-state index in [0.717, 1.165) is 12.8 Å². The van der Waals surface area contributed by atoms with Gasteiger partial charge in [0.05, 0.1) is 5.56 Å². The maximum absolute atomic E-state index is 13.3. The topological polar surface area (TPSA) is 49.3 Å². The number of nitrogens with one attached hydrogen (secondary N) is 1. The minimum absolute atomic E-state index is 0.167. The molecule has 0 aromatic heterocycles. The molecule has 1 amide bonds. The Morgan fingerprint density at radius 1 is 1.50 bits per heavy atom. The first kappa shape index (κ1) is 14.5. The van der Waals surface area contributed by atoms with Gasteiger partial charge < -0.3 is 10.4 Å². The van der Waals surface area contributed by atoms with Crippen LogP contribution < -0.4 is 5.32 Å². The normalized spacial score (nSPS) is 15.8. The molecule has 1 aliphatic rings. The van der Waals surface area contributed by atoms with Gasteiger partial charge in [-0.1, -0.05) is 25.2 Å². The summed E-state index contributed by atoms with van der Waals surface area (Å²) in [5.74, 6) is 4.35. The summed E-state index contributed by atoms with van der Waals surface area (Å²) in [6.07, 6.45) is 3.40. The molecule has 1 aliphatic carbocycles. The first-order valence-electron chi connectivity index (χ1n) is 6.72. The molecule has 0 radical (unpaired) electrons. The zero-order valence-corrected chi connectivity index (χ0v) is 11.5. The van der Waals surface area contributed by atoms with Crippen LogP contribution in [0.15, 0.2) is 18.2 Å². The Morgan fingerprint density at radius 2 is 2.25 bits per heavy atom. The van der Waals surface area contributed by atoms with Crippen LogP contribution in [0.25, 0.3) is 0 Å². The van der Waals surface area contributed by atoms with Crippen LogP contribution >= 0.6 is 0 Å². The first-order valence-corrected chi connectivity index (χ1v) is 6.72. The van der Waals surface area contributed by atoms with Crippen LogP contribution in [0.1, 0.15) is 42.1 Å². The largest absolute Gasteiger partial charge is 0.384 e. The van der Waals surface area contributed by atoms with Crippen molar-refractivity contribution in [2.45, 2.75) is 26.2 Å². The lowest BCUT2D eigenvalue weighted by Gasteiger charge is -2.38. The van der Waals surface area contributed by atoms with Crippen molar-refractivity contribution in [2.24, 2.45) is 5.41 Å². The van der Waals surface area contributed by atoms with E-state index in [1.807, 2.05) is 0 Å². The SMILES string of the molecule is CC1(CNC(=O)c2cc(F)ccc2C#CCO)CCC1. The third-order valence-electron chi connectivity index (χ3n) is 3.76. The highest BCUT2D eigenvalue weighted by Gasteiger charge is 2.32. The molecule has 20 heavy (non-hydrogen) atoms. The number of carbonyl (C=O) groups is 1. The highest BCUT2D eigenvalue weighted by atomic mass is 19.1. The molecule has 1 fully saturated rings. The van der Waals surface area contributed by atoms with Gasteiger partial charge in [-0.3, -0.25) is 4.79 Å². The third-order valence-corrected chi connectivity index (χ3v) is 3.76. The summed E-state index contributed by atoms with van der Waals surface area (Å²) in [6, 6.07) is 3.89. The summed E-state index contributed by atoms with van der Waals surface area (Å²) in [5.41, 5.74) is 0.811. The minimum atomic E-state index is -0.473. The molecule has 1 aromatic carbocycles. The second-order valence-electron chi connectivity index (χ2n) is 5.50. The molecule has 3 nitrogen and oxygen atoms in total. The lowest BCUT2D eigenvalue weighted by atomic mass is 9.70. The van der Waals surface area contributed by atoms with E-state index in [0.29, 0.717) is 12.1 Å². The highest BCUT2D eigenvalue weighted by molar-refractivity contribution is 5.96. The monoisotopic (exact) mass is 275 g/mol. The number of carbonyl (C=O) groups excluding carboxylic acids is 1. The van der Waals surface area contributed by atoms with Crippen molar-refractivity contribution in [1.29, 1.82) is 0 Å². The average molecular weight is 275 g/mol. The summed E-state index contributed by atoms with van der Waals surface area (Å²) in [7, 11) is 0. The number of hydrogen-bond donors (Lipinski definition) is 2. The smallest absolute Gasteiger partial charge is 0.252 e. The standard InChI is InChI=1S/C16H18FNO2/c1-16(7-3-8-16)11-18-15(20)14-10-13(17)6-5-12(14)4-2-9-19/h5-6,10,19H,3,7-9,11H2,1H3,(H,18,20). The number of rotatable bonds is 3. The summed E-state index contributed by atoms with van der Waals surface area (Å²) in [6.45, 7) is 2.43. The Balaban J connectivity index is 2.13. The summed E-state index contributed by atoms with van der Waals surface area (Å²) in [5, 5.41) is 11.6. The van der Waals surface area contributed by atoms with Crippen LogP contribution in [0.3, 0.4) is 0 Å². The fraction of sp³-hybridized carbons (Fsp3) is 0.438. The summed E-state index contributed by atoms with van der Waals surface area (Å²) < 4.78 is 13.3. The fourth-order valence-corrected chi connectivity index (χ4v) is 2.29. The Hall–Kier alpha value is -1.86. The van der Waals surface area contributed by atoms with Gasteiger partial charge in [0.2, 0.25) is 0 Å². The molecule has 0 heterocycles. The quantitative estimate of drug-likeness (QED) is 0.830. The zero-order chi connectivity index (χ0) is 14.6. The number of benzene rings is 1. The molecule has 0 spiro atoms. The van der Waals surface area contributed by atoms with Gasteiger partial charge in [-0.25, -0.2) is 4.39 Å². The van der Waals surface area contributed by atoms with E-state index in [1.165, 1.54) is 24.6 Å². The van der Waals surface area contributed by atoms with Crippen molar-refractivity contribution >= 4 is 5.91 Å². The van der Waals surface area contributed by atoms with Crippen molar-refractivity contribution in [1.82, 2.24) is 5.32 Å². The van der Waals surface area contributed by atoms with Gasteiger partial charge in [-0.05, 0) is 36.5 Å². The van der Waals surface area contributed by atoms with Crippen LogP contribution in [-0.2, 0) is 0 Å². The predicted octanol–water partition coefficient (Wildman–Crippen LogP) is 2.09. The maximum atomic E-state index is 13.3. The molecule has 0 aliphatic heterocycles.